The SMILES string of the molecule is N#CCC[C@]12CC[C@](CCO)(O1)c1c2c(O)n(-c2ccc(C#N)c3ccccc23)c1O. The molecule has 2 aliphatic rings. The molecule has 2 aromatic carbocycles. The highest BCUT2D eigenvalue weighted by atomic mass is 16.5. The molecule has 1 saturated heterocycles. The summed E-state index contributed by atoms with van der Waals surface area (Å²) in [6, 6.07) is 15.1. The van der Waals surface area contributed by atoms with Crippen molar-refractivity contribution in [3.05, 3.63) is 53.1 Å². The number of aliphatic hydroxyl groups is 1. The van der Waals surface area contributed by atoms with Crippen LogP contribution in [0.3, 0.4) is 0 Å². The molecule has 2 aliphatic heterocycles. The average Bonchev–Trinajstić information content (AvgIpc) is 3.38. The van der Waals surface area contributed by atoms with E-state index in [0.717, 1.165) is 10.8 Å². The van der Waals surface area contributed by atoms with E-state index in [0.29, 0.717) is 48.1 Å². The van der Waals surface area contributed by atoms with Crippen molar-refractivity contribution in [1.29, 1.82) is 10.5 Å². The Hall–Kier alpha value is -3.52. The monoisotopic (exact) mass is 415 g/mol. The van der Waals surface area contributed by atoms with E-state index >= 15 is 0 Å². The number of nitriles is 2. The van der Waals surface area contributed by atoms with Crippen molar-refractivity contribution < 1.29 is 20.1 Å². The number of hydrogen-bond acceptors (Lipinski definition) is 6. The fraction of sp³-hybridized carbons (Fsp3) is 0.333. The Morgan fingerprint density at radius 3 is 2.19 bits per heavy atom. The van der Waals surface area contributed by atoms with Crippen LogP contribution in [0.25, 0.3) is 16.5 Å². The first-order valence-corrected chi connectivity index (χ1v) is 10.3. The average molecular weight is 415 g/mol. The summed E-state index contributed by atoms with van der Waals surface area (Å²) in [6.07, 6.45) is 2.14. The van der Waals surface area contributed by atoms with Gasteiger partial charge in [0.1, 0.15) is 11.2 Å². The number of hydrogen-bond donors (Lipinski definition) is 3. The van der Waals surface area contributed by atoms with Crippen LogP contribution < -0.4 is 0 Å². The summed E-state index contributed by atoms with van der Waals surface area (Å²) >= 11 is 0. The minimum atomic E-state index is -0.894. The molecule has 0 aliphatic carbocycles. The van der Waals surface area contributed by atoms with Crippen molar-refractivity contribution in [2.24, 2.45) is 0 Å². The summed E-state index contributed by atoms with van der Waals surface area (Å²) in [4.78, 5) is 0. The van der Waals surface area contributed by atoms with Crippen LogP contribution in [0.1, 0.15) is 48.8 Å². The van der Waals surface area contributed by atoms with Gasteiger partial charge in [0.25, 0.3) is 0 Å². The molecule has 0 amide bonds. The third-order valence-electron chi connectivity index (χ3n) is 6.77. The third-order valence-corrected chi connectivity index (χ3v) is 6.77. The second-order valence-corrected chi connectivity index (χ2v) is 8.24. The topological polar surface area (TPSA) is 122 Å². The van der Waals surface area contributed by atoms with Gasteiger partial charge >= 0.3 is 0 Å². The summed E-state index contributed by atoms with van der Waals surface area (Å²) in [7, 11) is 0. The van der Waals surface area contributed by atoms with Gasteiger partial charge in [0, 0.05) is 30.2 Å². The van der Waals surface area contributed by atoms with Crippen LogP contribution in [0.5, 0.6) is 11.8 Å². The Balaban J connectivity index is 1.80. The Bertz CT molecular complexity index is 1300. The minimum absolute atomic E-state index is 0.125. The predicted octanol–water partition coefficient (Wildman–Crippen LogP) is 3.81. The molecule has 7 heteroatoms. The summed E-state index contributed by atoms with van der Waals surface area (Å²) in [5.74, 6) is -0.255. The lowest BCUT2D eigenvalue weighted by Gasteiger charge is -2.26. The van der Waals surface area contributed by atoms with Crippen molar-refractivity contribution in [2.75, 3.05) is 6.61 Å². The fourth-order valence-electron chi connectivity index (χ4n) is 5.49. The smallest absolute Gasteiger partial charge is 0.205 e. The van der Waals surface area contributed by atoms with Crippen LogP contribution in [0.2, 0.25) is 0 Å². The number of rotatable bonds is 5. The number of aromatic hydroxyl groups is 2. The van der Waals surface area contributed by atoms with Crippen LogP contribution >= 0.6 is 0 Å². The van der Waals surface area contributed by atoms with Crippen molar-refractivity contribution in [1.82, 2.24) is 4.57 Å². The molecule has 2 bridgehead atoms. The van der Waals surface area contributed by atoms with Crippen LogP contribution in [0.15, 0.2) is 36.4 Å². The van der Waals surface area contributed by atoms with Crippen molar-refractivity contribution in [2.45, 2.75) is 43.3 Å². The maximum atomic E-state index is 11.4. The molecule has 1 fully saturated rings. The molecular weight excluding hydrogens is 394 g/mol. The summed E-state index contributed by atoms with van der Waals surface area (Å²) < 4.78 is 7.79. The lowest BCUT2D eigenvalue weighted by Crippen LogP contribution is -2.24. The second kappa shape index (κ2) is 6.75. The number of aromatic nitrogens is 1. The largest absolute Gasteiger partial charge is 0.494 e. The molecule has 0 unspecified atom stereocenters. The molecule has 0 spiro atoms. The molecule has 156 valence electrons. The van der Waals surface area contributed by atoms with Gasteiger partial charge in [-0.1, -0.05) is 24.3 Å². The molecule has 0 saturated carbocycles. The number of fused-ring (bicyclic) bond motifs is 6. The molecule has 2 atom stereocenters. The first-order chi connectivity index (χ1) is 15.0. The van der Waals surface area contributed by atoms with Gasteiger partial charge in [0.15, 0.2) is 0 Å². The molecule has 1 aromatic heterocycles. The van der Waals surface area contributed by atoms with E-state index in [9.17, 15) is 20.6 Å². The van der Waals surface area contributed by atoms with E-state index < -0.39 is 11.2 Å². The van der Waals surface area contributed by atoms with E-state index in [4.69, 9.17) is 10.00 Å². The zero-order chi connectivity index (χ0) is 21.8. The first kappa shape index (κ1) is 19.4. The van der Waals surface area contributed by atoms with Gasteiger partial charge < -0.3 is 20.1 Å². The lowest BCUT2D eigenvalue weighted by atomic mass is 9.75. The van der Waals surface area contributed by atoms with E-state index in [1.807, 2.05) is 24.3 Å². The van der Waals surface area contributed by atoms with Gasteiger partial charge in [-0.05, 0) is 31.4 Å². The molecule has 0 radical (unpaired) electrons. The predicted molar refractivity (Wildman–Crippen MR) is 112 cm³/mol. The van der Waals surface area contributed by atoms with E-state index in [1.165, 1.54) is 4.57 Å². The number of nitrogens with zero attached hydrogens (tertiary/aromatic N) is 3. The standard InChI is InChI=1S/C24H21N3O4/c25-12-3-8-23-9-10-24(31-23,11-13-28)20-19(23)21(29)27(22(20)30)18-7-6-15(14-26)16-4-1-2-5-17(16)18/h1-2,4-7,28-30H,3,8-11,13H2/t23-,24-/m1/s1. The van der Waals surface area contributed by atoms with Crippen molar-refractivity contribution >= 4 is 10.8 Å². The number of aliphatic hydroxyl groups excluding tert-OH is 1. The quantitative estimate of drug-likeness (QED) is 0.582. The molecule has 3 heterocycles. The Labute approximate surface area is 179 Å². The van der Waals surface area contributed by atoms with E-state index in [-0.39, 0.29) is 24.8 Å². The lowest BCUT2D eigenvalue weighted by molar-refractivity contribution is -0.101. The maximum Gasteiger partial charge on any atom is 0.205 e. The molecule has 7 nitrogen and oxygen atoms in total. The molecule has 31 heavy (non-hydrogen) atoms. The Morgan fingerprint density at radius 1 is 0.935 bits per heavy atom. The third kappa shape index (κ3) is 2.45. The van der Waals surface area contributed by atoms with Crippen LogP contribution in [0.4, 0.5) is 0 Å². The van der Waals surface area contributed by atoms with E-state index in [1.54, 1.807) is 12.1 Å². The number of ether oxygens (including phenoxy) is 1. The fourth-order valence-corrected chi connectivity index (χ4v) is 5.49. The minimum Gasteiger partial charge on any atom is -0.494 e. The van der Waals surface area contributed by atoms with Gasteiger partial charge in [0.05, 0.1) is 34.5 Å². The van der Waals surface area contributed by atoms with Crippen molar-refractivity contribution in [3.63, 3.8) is 0 Å². The molecular formula is C24H21N3O4. The van der Waals surface area contributed by atoms with Crippen molar-refractivity contribution in [3.8, 4) is 29.6 Å². The maximum absolute atomic E-state index is 11.4. The Kier molecular flexibility index (Phi) is 4.23. The molecule has 3 N–H and O–H groups in total. The molecule has 3 aromatic rings. The van der Waals surface area contributed by atoms with Gasteiger partial charge in [-0.25, -0.2) is 0 Å². The van der Waals surface area contributed by atoms with E-state index in [2.05, 4.69) is 12.1 Å². The Morgan fingerprint density at radius 2 is 1.58 bits per heavy atom. The zero-order valence-corrected chi connectivity index (χ0v) is 16.8. The highest BCUT2D eigenvalue weighted by Crippen LogP contribution is 2.67. The second-order valence-electron chi connectivity index (χ2n) is 8.24. The van der Waals surface area contributed by atoms with Crippen LogP contribution in [-0.4, -0.2) is 26.5 Å². The first-order valence-electron chi connectivity index (χ1n) is 10.3. The summed E-state index contributed by atoms with van der Waals surface area (Å²) in [5.41, 5.74) is 0.297. The van der Waals surface area contributed by atoms with Crippen LogP contribution in [0, 0.1) is 22.7 Å². The zero-order valence-electron chi connectivity index (χ0n) is 16.8. The molecule has 5 rings (SSSR count). The van der Waals surface area contributed by atoms with Gasteiger partial charge in [-0.2, -0.15) is 10.5 Å². The number of benzene rings is 2. The van der Waals surface area contributed by atoms with Gasteiger partial charge in [-0.3, -0.25) is 4.57 Å². The highest BCUT2D eigenvalue weighted by Gasteiger charge is 2.63. The highest BCUT2D eigenvalue weighted by molar-refractivity contribution is 5.95. The van der Waals surface area contributed by atoms with Gasteiger partial charge in [0.2, 0.25) is 11.8 Å². The summed E-state index contributed by atoms with van der Waals surface area (Å²) in [6.45, 7) is -0.126. The summed E-state index contributed by atoms with van der Waals surface area (Å²) in [5, 5.41) is 52.4. The van der Waals surface area contributed by atoms with Crippen LogP contribution in [-0.2, 0) is 15.9 Å². The van der Waals surface area contributed by atoms with Gasteiger partial charge in [-0.15, -0.1) is 0 Å². The normalized spacial score (nSPS) is 23.6.